The van der Waals surface area contributed by atoms with Gasteiger partial charge in [0.2, 0.25) is 11.8 Å². The van der Waals surface area contributed by atoms with E-state index in [2.05, 4.69) is 5.32 Å². The van der Waals surface area contributed by atoms with Gasteiger partial charge in [-0.05, 0) is 47.4 Å². The number of rotatable bonds is 10. The van der Waals surface area contributed by atoms with Crippen LogP contribution in [0.3, 0.4) is 0 Å². The van der Waals surface area contributed by atoms with Crippen molar-refractivity contribution in [2.75, 3.05) is 6.54 Å². The van der Waals surface area contributed by atoms with E-state index in [-0.39, 0.29) is 24.8 Å². The van der Waals surface area contributed by atoms with E-state index in [1.54, 1.807) is 35.2 Å². The number of nitrogens with zero attached hydrogens (tertiary/aromatic N) is 1. The molecule has 0 aliphatic heterocycles. The van der Waals surface area contributed by atoms with Gasteiger partial charge in [-0.2, -0.15) is 0 Å². The molecular formula is C27H27Cl3N2O2. The number of hydrogen-bond donors (Lipinski definition) is 1. The van der Waals surface area contributed by atoms with Crippen molar-refractivity contribution in [3.8, 4) is 0 Å². The van der Waals surface area contributed by atoms with Crippen LogP contribution in [0.1, 0.15) is 30.0 Å². The lowest BCUT2D eigenvalue weighted by Crippen LogP contribution is -2.51. The fraction of sp³-hybridized carbons (Fsp3) is 0.259. The molecule has 178 valence electrons. The molecule has 0 spiro atoms. The highest BCUT2D eigenvalue weighted by molar-refractivity contribution is 6.35. The molecule has 3 aromatic rings. The van der Waals surface area contributed by atoms with E-state index in [9.17, 15) is 9.59 Å². The van der Waals surface area contributed by atoms with Crippen molar-refractivity contribution in [1.82, 2.24) is 10.2 Å². The molecule has 0 radical (unpaired) electrons. The fourth-order valence-electron chi connectivity index (χ4n) is 3.68. The minimum atomic E-state index is -0.702. The molecule has 0 aliphatic carbocycles. The first kappa shape index (κ1) is 26.1. The summed E-state index contributed by atoms with van der Waals surface area (Å²) in [4.78, 5) is 28.6. The van der Waals surface area contributed by atoms with Gasteiger partial charge in [-0.25, -0.2) is 0 Å². The molecule has 7 heteroatoms. The highest BCUT2D eigenvalue weighted by Crippen LogP contribution is 2.24. The van der Waals surface area contributed by atoms with Crippen molar-refractivity contribution >= 4 is 46.6 Å². The maximum absolute atomic E-state index is 13.7. The van der Waals surface area contributed by atoms with Crippen LogP contribution in [0.5, 0.6) is 0 Å². The van der Waals surface area contributed by atoms with Crippen molar-refractivity contribution in [2.45, 2.75) is 38.8 Å². The minimum absolute atomic E-state index is 0.0446. The SMILES string of the molecule is CCCNC(=O)[C@H](Cc1ccccc1)N(Cc1cccc(Cl)c1)C(=O)Cc1ccc(Cl)cc1Cl. The highest BCUT2D eigenvalue weighted by atomic mass is 35.5. The van der Waals surface area contributed by atoms with E-state index in [4.69, 9.17) is 34.8 Å². The lowest BCUT2D eigenvalue weighted by molar-refractivity contribution is -0.140. The van der Waals surface area contributed by atoms with Crippen LogP contribution in [0.25, 0.3) is 0 Å². The van der Waals surface area contributed by atoms with Crippen LogP contribution in [-0.2, 0) is 29.0 Å². The zero-order valence-corrected chi connectivity index (χ0v) is 21.2. The second kappa shape index (κ2) is 12.8. The molecular weight excluding hydrogens is 491 g/mol. The van der Waals surface area contributed by atoms with E-state index in [1.807, 2.05) is 49.4 Å². The lowest BCUT2D eigenvalue weighted by Gasteiger charge is -2.32. The molecule has 3 aromatic carbocycles. The van der Waals surface area contributed by atoms with Crippen molar-refractivity contribution in [1.29, 1.82) is 0 Å². The number of halogens is 3. The summed E-state index contributed by atoms with van der Waals surface area (Å²) in [6.07, 6.45) is 1.23. The zero-order chi connectivity index (χ0) is 24.5. The minimum Gasteiger partial charge on any atom is -0.354 e. The monoisotopic (exact) mass is 516 g/mol. The van der Waals surface area contributed by atoms with E-state index < -0.39 is 6.04 Å². The molecule has 0 fully saturated rings. The molecule has 0 aromatic heterocycles. The van der Waals surface area contributed by atoms with Crippen LogP contribution in [-0.4, -0.2) is 29.3 Å². The second-order valence-electron chi connectivity index (χ2n) is 8.06. The Morgan fingerprint density at radius 2 is 1.59 bits per heavy atom. The quantitative estimate of drug-likeness (QED) is 0.340. The Morgan fingerprint density at radius 1 is 0.882 bits per heavy atom. The van der Waals surface area contributed by atoms with Gasteiger partial charge in [-0.3, -0.25) is 9.59 Å². The summed E-state index contributed by atoms with van der Waals surface area (Å²) in [6.45, 7) is 2.76. The maximum Gasteiger partial charge on any atom is 0.243 e. The van der Waals surface area contributed by atoms with Crippen LogP contribution in [0.2, 0.25) is 15.1 Å². The highest BCUT2D eigenvalue weighted by Gasteiger charge is 2.30. The van der Waals surface area contributed by atoms with Gasteiger partial charge in [0, 0.05) is 34.6 Å². The average molecular weight is 518 g/mol. The third-order valence-corrected chi connectivity index (χ3v) is 6.24. The number of carbonyl (C=O) groups excluding carboxylic acids is 2. The summed E-state index contributed by atoms with van der Waals surface area (Å²) in [5.74, 6) is -0.403. The van der Waals surface area contributed by atoms with Crippen LogP contribution in [0.4, 0.5) is 0 Å². The molecule has 0 heterocycles. The molecule has 1 atom stereocenters. The normalized spacial score (nSPS) is 11.6. The van der Waals surface area contributed by atoms with E-state index in [1.165, 1.54) is 0 Å². The van der Waals surface area contributed by atoms with Crippen LogP contribution in [0, 0.1) is 0 Å². The van der Waals surface area contributed by atoms with Crippen molar-refractivity contribution in [2.24, 2.45) is 0 Å². The average Bonchev–Trinajstić information content (AvgIpc) is 2.82. The van der Waals surface area contributed by atoms with Crippen molar-refractivity contribution in [3.63, 3.8) is 0 Å². The predicted molar refractivity (Wildman–Crippen MR) is 139 cm³/mol. The Bertz CT molecular complexity index is 1120. The zero-order valence-electron chi connectivity index (χ0n) is 18.9. The molecule has 0 saturated carbocycles. The molecule has 1 N–H and O–H groups in total. The standard InChI is InChI=1S/C27H27Cl3N2O2/c1-2-13-31-27(34)25(15-19-7-4-3-5-8-19)32(18-20-9-6-10-22(28)14-20)26(33)16-21-11-12-23(29)17-24(21)30/h3-12,14,17,25H,2,13,15-16,18H2,1H3,(H,31,34)/t25-/m0/s1. The van der Waals surface area contributed by atoms with Gasteiger partial charge >= 0.3 is 0 Å². The number of nitrogens with one attached hydrogen (secondary N) is 1. The third-order valence-electron chi connectivity index (χ3n) is 5.42. The summed E-state index contributed by atoms with van der Waals surface area (Å²) in [6, 6.07) is 21.3. The molecule has 34 heavy (non-hydrogen) atoms. The Hall–Kier alpha value is -2.53. The van der Waals surface area contributed by atoms with Gasteiger partial charge < -0.3 is 10.2 Å². The molecule has 0 saturated heterocycles. The second-order valence-corrected chi connectivity index (χ2v) is 9.34. The molecule has 2 amide bonds. The summed E-state index contributed by atoms with van der Waals surface area (Å²) in [5.41, 5.74) is 2.46. The molecule has 0 bridgehead atoms. The van der Waals surface area contributed by atoms with Crippen molar-refractivity contribution in [3.05, 3.63) is 105 Å². The first-order valence-corrected chi connectivity index (χ1v) is 12.3. The Balaban J connectivity index is 1.97. The first-order chi connectivity index (χ1) is 16.4. The summed E-state index contributed by atoms with van der Waals surface area (Å²) >= 11 is 18.6. The summed E-state index contributed by atoms with van der Waals surface area (Å²) in [7, 11) is 0. The number of amides is 2. The summed E-state index contributed by atoms with van der Waals surface area (Å²) in [5, 5.41) is 4.45. The van der Waals surface area contributed by atoms with Gasteiger partial charge in [0.05, 0.1) is 6.42 Å². The first-order valence-electron chi connectivity index (χ1n) is 11.2. The van der Waals surface area contributed by atoms with Gasteiger partial charge in [0.15, 0.2) is 0 Å². The summed E-state index contributed by atoms with van der Waals surface area (Å²) < 4.78 is 0. The molecule has 0 unspecified atom stereocenters. The lowest BCUT2D eigenvalue weighted by atomic mass is 10.0. The maximum atomic E-state index is 13.7. The number of benzene rings is 3. The van der Waals surface area contributed by atoms with Crippen LogP contribution >= 0.6 is 34.8 Å². The van der Waals surface area contributed by atoms with E-state index in [0.717, 1.165) is 17.5 Å². The molecule has 0 aliphatic rings. The van der Waals surface area contributed by atoms with Gasteiger partial charge in [-0.15, -0.1) is 0 Å². The van der Waals surface area contributed by atoms with Crippen LogP contribution < -0.4 is 5.32 Å². The van der Waals surface area contributed by atoms with E-state index >= 15 is 0 Å². The van der Waals surface area contributed by atoms with Gasteiger partial charge in [0.25, 0.3) is 0 Å². The Labute approximate surface area is 215 Å². The topological polar surface area (TPSA) is 49.4 Å². The van der Waals surface area contributed by atoms with E-state index in [0.29, 0.717) is 33.6 Å². The van der Waals surface area contributed by atoms with Gasteiger partial charge in [0.1, 0.15) is 6.04 Å². The number of carbonyl (C=O) groups is 2. The largest absolute Gasteiger partial charge is 0.354 e. The molecule has 4 nitrogen and oxygen atoms in total. The predicted octanol–water partition coefficient (Wildman–Crippen LogP) is 6.36. The third kappa shape index (κ3) is 7.49. The Morgan fingerprint density at radius 3 is 2.26 bits per heavy atom. The fourth-order valence-corrected chi connectivity index (χ4v) is 4.37. The van der Waals surface area contributed by atoms with Gasteiger partial charge in [-0.1, -0.05) is 90.3 Å². The number of hydrogen-bond acceptors (Lipinski definition) is 2. The molecule has 3 rings (SSSR count). The van der Waals surface area contributed by atoms with Crippen molar-refractivity contribution < 1.29 is 9.59 Å². The smallest absolute Gasteiger partial charge is 0.243 e. The Kier molecular flexibility index (Phi) is 9.82. The van der Waals surface area contributed by atoms with Crippen LogP contribution in [0.15, 0.2) is 72.8 Å².